The normalized spacial score (nSPS) is 30.4. The molecule has 1 N–H and O–H groups in total. The number of hydrogen-bond donors (Lipinski definition) is 1. The molecule has 2 unspecified atom stereocenters. The fourth-order valence-corrected chi connectivity index (χ4v) is 3.39. The highest BCUT2D eigenvalue weighted by atomic mass is 16.2. The van der Waals surface area contributed by atoms with E-state index < -0.39 is 0 Å². The molecule has 2 aliphatic rings. The van der Waals surface area contributed by atoms with Crippen molar-refractivity contribution in [3.05, 3.63) is 0 Å². The smallest absolute Gasteiger partial charge is 0.245 e. The van der Waals surface area contributed by atoms with Gasteiger partial charge in [-0.1, -0.05) is 40.0 Å². The maximum Gasteiger partial charge on any atom is 0.245 e. The van der Waals surface area contributed by atoms with Crippen LogP contribution >= 0.6 is 0 Å². The molecule has 0 aromatic carbocycles. The molecule has 19 heavy (non-hydrogen) atoms. The first-order valence-electron chi connectivity index (χ1n) is 7.45. The van der Waals surface area contributed by atoms with Crippen LogP contribution in [0.2, 0.25) is 0 Å². The van der Waals surface area contributed by atoms with E-state index in [2.05, 4.69) is 5.32 Å². The van der Waals surface area contributed by atoms with Gasteiger partial charge in [0.25, 0.3) is 0 Å². The molecule has 4 heteroatoms. The fraction of sp³-hybridized carbons (Fsp3) is 0.867. The van der Waals surface area contributed by atoms with Gasteiger partial charge in [0.1, 0.15) is 12.1 Å². The van der Waals surface area contributed by atoms with Gasteiger partial charge < -0.3 is 10.2 Å². The Morgan fingerprint density at radius 1 is 1.11 bits per heavy atom. The average Bonchev–Trinajstić information content (AvgIpc) is 2.33. The van der Waals surface area contributed by atoms with E-state index in [1.54, 1.807) is 6.92 Å². The molecule has 2 amide bonds. The average molecular weight is 266 g/mol. The lowest BCUT2D eigenvalue weighted by Crippen LogP contribution is -2.68. The van der Waals surface area contributed by atoms with Crippen molar-refractivity contribution in [2.75, 3.05) is 0 Å². The van der Waals surface area contributed by atoms with E-state index in [4.69, 9.17) is 0 Å². The molecule has 2 atom stereocenters. The summed E-state index contributed by atoms with van der Waals surface area (Å²) in [5.74, 6) is 0.0941. The molecule has 108 valence electrons. The second-order valence-corrected chi connectivity index (χ2v) is 7.04. The van der Waals surface area contributed by atoms with Gasteiger partial charge in [0.05, 0.1) is 0 Å². The number of amides is 2. The highest BCUT2D eigenvalue weighted by Crippen LogP contribution is 2.33. The molecule has 0 bridgehead atoms. The number of nitrogens with one attached hydrogen (secondary N) is 1. The van der Waals surface area contributed by atoms with Gasteiger partial charge in [-0.05, 0) is 25.2 Å². The van der Waals surface area contributed by atoms with Gasteiger partial charge >= 0.3 is 0 Å². The Bertz CT molecular complexity index is 367. The number of nitrogens with zero attached hydrogens (tertiary/aromatic N) is 1. The topological polar surface area (TPSA) is 49.4 Å². The minimum atomic E-state index is -0.381. The summed E-state index contributed by atoms with van der Waals surface area (Å²) in [6.45, 7) is 7.90. The maximum absolute atomic E-state index is 12.5. The molecule has 1 saturated carbocycles. The largest absolute Gasteiger partial charge is 0.343 e. The summed E-state index contributed by atoms with van der Waals surface area (Å²) in [6.07, 6.45) is 5.67. The molecule has 1 saturated heterocycles. The summed E-state index contributed by atoms with van der Waals surface area (Å²) in [7, 11) is 0. The fourth-order valence-electron chi connectivity index (χ4n) is 3.39. The van der Waals surface area contributed by atoms with Crippen molar-refractivity contribution < 1.29 is 9.59 Å². The number of piperazine rings is 1. The van der Waals surface area contributed by atoms with Crippen molar-refractivity contribution in [2.45, 2.75) is 77.9 Å². The van der Waals surface area contributed by atoms with Crippen LogP contribution < -0.4 is 5.32 Å². The van der Waals surface area contributed by atoms with Gasteiger partial charge in [-0.25, -0.2) is 0 Å². The summed E-state index contributed by atoms with van der Waals surface area (Å²) in [5, 5.41) is 2.82. The van der Waals surface area contributed by atoms with Crippen molar-refractivity contribution in [3.63, 3.8) is 0 Å². The highest BCUT2D eigenvalue weighted by Gasteiger charge is 2.47. The zero-order valence-electron chi connectivity index (χ0n) is 12.5. The van der Waals surface area contributed by atoms with Crippen molar-refractivity contribution in [2.24, 2.45) is 5.41 Å². The SMILES string of the molecule is CC1NC(=O)C(C(C)(C)C)N(C2CCCCC2)C1=O. The number of carbonyl (C=O) groups excluding carboxylic acids is 2. The third-order valence-corrected chi connectivity index (χ3v) is 4.30. The minimum Gasteiger partial charge on any atom is -0.343 e. The van der Waals surface area contributed by atoms with Crippen LogP contribution in [0.3, 0.4) is 0 Å². The third kappa shape index (κ3) is 2.77. The molecule has 0 radical (unpaired) electrons. The first-order chi connectivity index (χ1) is 8.82. The second kappa shape index (κ2) is 5.14. The molecule has 1 heterocycles. The van der Waals surface area contributed by atoms with Gasteiger partial charge in [-0.2, -0.15) is 0 Å². The van der Waals surface area contributed by atoms with Crippen LogP contribution in [-0.4, -0.2) is 34.8 Å². The van der Waals surface area contributed by atoms with E-state index in [1.807, 2.05) is 25.7 Å². The second-order valence-electron chi connectivity index (χ2n) is 7.04. The Morgan fingerprint density at radius 3 is 2.21 bits per heavy atom. The molecule has 4 nitrogen and oxygen atoms in total. The van der Waals surface area contributed by atoms with Crippen LogP contribution in [0.4, 0.5) is 0 Å². The first kappa shape index (κ1) is 14.4. The Morgan fingerprint density at radius 2 is 1.68 bits per heavy atom. The number of carbonyl (C=O) groups is 2. The Kier molecular flexibility index (Phi) is 3.88. The van der Waals surface area contributed by atoms with Crippen molar-refractivity contribution in [3.8, 4) is 0 Å². The Labute approximate surface area is 115 Å². The van der Waals surface area contributed by atoms with E-state index in [9.17, 15) is 9.59 Å². The Balaban J connectivity index is 2.30. The zero-order valence-corrected chi connectivity index (χ0v) is 12.5. The van der Waals surface area contributed by atoms with Crippen molar-refractivity contribution >= 4 is 11.8 Å². The Hall–Kier alpha value is -1.06. The monoisotopic (exact) mass is 266 g/mol. The predicted molar refractivity (Wildman–Crippen MR) is 74.6 cm³/mol. The van der Waals surface area contributed by atoms with E-state index in [0.29, 0.717) is 0 Å². The molecular weight excluding hydrogens is 240 g/mol. The summed E-state index contributed by atoms with van der Waals surface area (Å²) >= 11 is 0. The molecule has 2 rings (SSSR count). The molecule has 0 aromatic rings. The molecule has 1 aliphatic carbocycles. The van der Waals surface area contributed by atoms with Crippen molar-refractivity contribution in [1.29, 1.82) is 0 Å². The quantitative estimate of drug-likeness (QED) is 0.790. The van der Waals surface area contributed by atoms with E-state index in [0.717, 1.165) is 12.8 Å². The molecule has 2 fully saturated rings. The number of hydrogen-bond acceptors (Lipinski definition) is 2. The van der Waals surface area contributed by atoms with Gasteiger partial charge in [0.15, 0.2) is 0 Å². The van der Waals surface area contributed by atoms with Gasteiger partial charge in [0.2, 0.25) is 11.8 Å². The highest BCUT2D eigenvalue weighted by molar-refractivity contribution is 5.97. The zero-order chi connectivity index (χ0) is 14.2. The van der Waals surface area contributed by atoms with Crippen LogP contribution in [0.15, 0.2) is 0 Å². The van der Waals surface area contributed by atoms with Crippen LogP contribution in [0.25, 0.3) is 0 Å². The molecular formula is C15H26N2O2. The standard InChI is InChI=1S/C15H26N2O2/c1-10-14(19)17(11-8-6-5-7-9-11)12(13(18)16-10)15(2,3)4/h10-12H,5-9H2,1-4H3,(H,16,18). The molecule has 0 spiro atoms. The minimum absolute atomic E-state index is 0.00479. The van der Waals surface area contributed by atoms with Gasteiger partial charge in [0, 0.05) is 6.04 Å². The van der Waals surface area contributed by atoms with Crippen LogP contribution in [-0.2, 0) is 9.59 Å². The first-order valence-corrected chi connectivity index (χ1v) is 7.45. The van der Waals surface area contributed by atoms with Crippen LogP contribution in [0, 0.1) is 5.41 Å². The summed E-state index contributed by atoms with van der Waals surface area (Å²) in [4.78, 5) is 26.8. The van der Waals surface area contributed by atoms with Gasteiger partial charge in [-0.3, -0.25) is 9.59 Å². The van der Waals surface area contributed by atoms with E-state index >= 15 is 0 Å². The third-order valence-electron chi connectivity index (χ3n) is 4.30. The van der Waals surface area contributed by atoms with Crippen LogP contribution in [0.5, 0.6) is 0 Å². The number of rotatable bonds is 1. The van der Waals surface area contributed by atoms with Crippen molar-refractivity contribution in [1.82, 2.24) is 10.2 Å². The summed E-state index contributed by atoms with van der Waals surface area (Å²) in [5.41, 5.74) is -0.225. The molecule has 0 aromatic heterocycles. The summed E-state index contributed by atoms with van der Waals surface area (Å²) < 4.78 is 0. The van der Waals surface area contributed by atoms with Crippen LogP contribution in [0.1, 0.15) is 59.8 Å². The lowest BCUT2D eigenvalue weighted by atomic mass is 9.80. The predicted octanol–water partition coefficient (Wildman–Crippen LogP) is 2.08. The van der Waals surface area contributed by atoms with E-state index in [1.165, 1.54) is 19.3 Å². The lowest BCUT2D eigenvalue weighted by Gasteiger charge is -2.48. The maximum atomic E-state index is 12.5. The van der Waals surface area contributed by atoms with E-state index in [-0.39, 0.29) is 35.4 Å². The molecule has 1 aliphatic heterocycles. The lowest BCUT2D eigenvalue weighted by molar-refractivity contribution is -0.157. The van der Waals surface area contributed by atoms with Gasteiger partial charge in [-0.15, -0.1) is 0 Å². The summed E-state index contributed by atoms with van der Waals surface area (Å²) in [6, 6.07) is -0.466.